The zero-order valence-electron chi connectivity index (χ0n) is 10.3. The Hall–Kier alpha value is -1.76. The average molecular weight is 266 g/mol. The van der Waals surface area contributed by atoms with Gasteiger partial charge in [-0.15, -0.1) is 16.4 Å². The highest BCUT2D eigenvalue weighted by atomic mass is 32.1. The van der Waals surface area contributed by atoms with E-state index >= 15 is 0 Å². The van der Waals surface area contributed by atoms with Gasteiger partial charge < -0.3 is 5.11 Å². The van der Waals surface area contributed by atoms with Gasteiger partial charge in [-0.2, -0.15) is 0 Å². The maximum atomic E-state index is 10.8. The molecule has 2 heterocycles. The van der Waals surface area contributed by atoms with Crippen LogP contribution in [0.3, 0.4) is 0 Å². The summed E-state index contributed by atoms with van der Waals surface area (Å²) in [5.41, 5.74) is 1.44. The van der Waals surface area contributed by atoms with Crippen LogP contribution in [0.15, 0.2) is 5.38 Å². The fourth-order valence-corrected chi connectivity index (χ4v) is 2.50. The highest BCUT2D eigenvalue weighted by Gasteiger charge is 2.15. The van der Waals surface area contributed by atoms with E-state index in [-0.39, 0.29) is 5.69 Å². The van der Waals surface area contributed by atoms with E-state index in [0.29, 0.717) is 12.2 Å². The molecule has 0 amide bonds. The normalized spacial score (nSPS) is 10.8. The lowest BCUT2D eigenvalue weighted by atomic mass is 10.3. The SMILES string of the molecule is CCCc1nc(Cn2nnc(C(=O)O)c2C)cs1. The van der Waals surface area contributed by atoms with Gasteiger partial charge in [0.25, 0.3) is 0 Å². The van der Waals surface area contributed by atoms with Crippen molar-refractivity contribution in [3.63, 3.8) is 0 Å². The first kappa shape index (κ1) is 12.7. The molecule has 18 heavy (non-hydrogen) atoms. The van der Waals surface area contributed by atoms with E-state index in [2.05, 4.69) is 22.2 Å². The Kier molecular flexibility index (Phi) is 3.71. The molecule has 0 atom stereocenters. The molecule has 0 saturated carbocycles. The fraction of sp³-hybridized carbons (Fsp3) is 0.455. The van der Waals surface area contributed by atoms with Crippen molar-refractivity contribution in [3.05, 3.63) is 27.5 Å². The number of thiazole rings is 1. The first-order valence-electron chi connectivity index (χ1n) is 5.68. The van der Waals surface area contributed by atoms with Crippen molar-refractivity contribution < 1.29 is 9.90 Å². The first-order chi connectivity index (χ1) is 8.61. The van der Waals surface area contributed by atoms with E-state index in [0.717, 1.165) is 23.5 Å². The van der Waals surface area contributed by atoms with Gasteiger partial charge in [0.15, 0.2) is 5.69 Å². The average Bonchev–Trinajstić information content (AvgIpc) is 2.89. The predicted octanol–water partition coefficient (Wildman–Crippen LogP) is 1.74. The van der Waals surface area contributed by atoms with Crippen molar-refractivity contribution in [2.45, 2.75) is 33.2 Å². The highest BCUT2D eigenvalue weighted by molar-refractivity contribution is 7.09. The van der Waals surface area contributed by atoms with Crippen LogP contribution in [0.5, 0.6) is 0 Å². The molecule has 0 aromatic carbocycles. The summed E-state index contributed by atoms with van der Waals surface area (Å²) in [5.74, 6) is -1.05. The molecule has 0 fully saturated rings. The largest absolute Gasteiger partial charge is 0.476 e. The van der Waals surface area contributed by atoms with Gasteiger partial charge in [-0.05, 0) is 19.8 Å². The lowest BCUT2D eigenvalue weighted by Gasteiger charge is -1.99. The van der Waals surface area contributed by atoms with Crippen molar-refractivity contribution in [1.29, 1.82) is 0 Å². The van der Waals surface area contributed by atoms with Gasteiger partial charge in [0.05, 0.1) is 22.9 Å². The summed E-state index contributed by atoms with van der Waals surface area (Å²) in [5, 5.41) is 19.5. The minimum atomic E-state index is -1.05. The van der Waals surface area contributed by atoms with Gasteiger partial charge in [-0.1, -0.05) is 12.1 Å². The maximum absolute atomic E-state index is 10.8. The third-order valence-corrected chi connectivity index (χ3v) is 3.52. The Morgan fingerprint density at radius 3 is 2.94 bits per heavy atom. The Morgan fingerprint density at radius 2 is 2.33 bits per heavy atom. The first-order valence-corrected chi connectivity index (χ1v) is 6.56. The summed E-state index contributed by atoms with van der Waals surface area (Å²) in [6.07, 6.45) is 2.04. The molecule has 0 aliphatic rings. The van der Waals surface area contributed by atoms with Crippen molar-refractivity contribution in [1.82, 2.24) is 20.0 Å². The van der Waals surface area contributed by atoms with Crippen LogP contribution in [0.4, 0.5) is 0 Å². The third-order valence-electron chi connectivity index (χ3n) is 2.56. The van der Waals surface area contributed by atoms with Crippen molar-refractivity contribution in [3.8, 4) is 0 Å². The van der Waals surface area contributed by atoms with E-state index in [9.17, 15) is 4.79 Å². The second-order valence-electron chi connectivity index (χ2n) is 3.97. The van der Waals surface area contributed by atoms with Crippen molar-refractivity contribution >= 4 is 17.3 Å². The molecule has 7 heteroatoms. The van der Waals surface area contributed by atoms with E-state index in [4.69, 9.17) is 5.11 Å². The number of rotatable bonds is 5. The molecule has 0 saturated heterocycles. The molecular formula is C11H14N4O2S. The lowest BCUT2D eigenvalue weighted by molar-refractivity contribution is 0.0689. The number of hydrogen-bond donors (Lipinski definition) is 1. The molecule has 0 unspecified atom stereocenters. The summed E-state index contributed by atoms with van der Waals surface area (Å²) in [6, 6.07) is 0. The smallest absolute Gasteiger partial charge is 0.358 e. The minimum absolute atomic E-state index is 0.000916. The summed E-state index contributed by atoms with van der Waals surface area (Å²) in [7, 11) is 0. The fourth-order valence-electron chi connectivity index (χ4n) is 1.61. The molecule has 0 bridgehead atoms. The lowest BCUT2D eigenvalue weighted by Crippen LogP contribution is -2.06. The monoisotopic (exact) mass is 266 g/mol. The summed E-state index contributed by atoms with van der Waals surface area (Å²) >= 11 is 1.62. The van der Waals surface area contributed by atoms with Gasteiger partial charge >= 0.3 is 5.97 Å². The predicted molar refractivity (Wildman–Crippen MR) is 66.9 cm³/mol. The van der Waals surface area contributed by atoms with Crippen LogP contribution in [0, 0.1) is 6.92 Å². The topological polar surface area (TPSA) is 80.9 Å². The molecule has 0 spiro atoms. The minimum Gasteiger partial charge on any atom is -0.476 e. The van der Waals surface area contributed by atoms with Gasteiger partial charge in [-0.25, -0.2) is 14.5 Å². The molecule has 2 aromatic rings. The maximum Gasteiger partial charge on any atom is 0.358 e. The van der Waals surface area contributed by atoms with E-state index in [1.807, 2.05) is 5.38 Å². The van der Waals surface area contributed by atoms with Crippen LogP contribution in [-0.2, 0) is 13.0 Å². The summed E-state index contributed by atoms with van der Waals surface area (Å²) in [4.78, 5) is 15.3. The van der Waals surface area contributed by atoms with Gasteiger partial charge in [0.2, 0.25) is 0 Å². The standard InChI is InChI=1S/C11H14N4O2S/c1-3-4-9-12-8(6-18-9)5-15-7(2)10(11(16)17)13-14-15/h6H,3-5H2,1-2H3,(H,16,17). The number of aryl methyl sites for hydroxylation is 1. The Morgan fingerprint density at radius 1 is 1.56 bits per heavy atom. The van der Waals surface area contributed by atoms with Crippen LogP contribution in [-0.4, -0.2) is 31.1 Å². The molecule has 0 aliphatic heterocycles. The van der Waals surface area contributed by atoms with Gasteiger partial charge in [-0.3, -0.25) is 0 Å². The van der Waals surface area contributed by atoms with Gasteiger partial charge in [0, 0.05) is 5.38 Å². The number of carboxylic acid groups (broad SMARTS) is 1. The van der Waals surface area contributed by atoms with Crippen LogP contribution >= 0.6 is 11.3 Å². The highest BCUT2D eigenvalue weighted by Crippen LogP contribution is 2.13. The molecule has 1 N–H and O–H groups in total. The zero-order valence-corrected chi connectivity index (χ0v) is 11.1. The van der Waals surface area contributed by atoms with E-state index in [1.54, 1.807) is 22.9 Å². The van der Waals surface area contributed by atoms with Gasteiger partial charge in [0.1, 0.15) is 0 Å². The number of carboxylic acids is 1. The molecule has 0 aliphatic carbocycles. The Labute approximate surface area is 108 Å². The van der Waals surface area contributed by atoms with Crippen LogP contribution < -0.4 is 0 Å². The van der Waals surface area contributed by atoms with Crippen molar-refractivity contribution in [2.75, 3.05) is 0 Å². The number of hydrogen-bond acceptors (Lipinski definition) is 5. The molecule has 96 valence electrons. The number of carbonyl (C=O) groups is 1. The second-order valence-corrected chi connectivity index (χ2v) is 4.91. The van der Waals surface area contributed by atoms with Crippen LogP contribution in [0.25, 0.3) is 0 Å². The summed E-state index contributed by atoms with van der Waals surface area (Å²) in [6.45, 7) is 4.27. The number of nitrogens with zero attached hydrogens (tertiary/aromatic N) is 4. The van der Waals surface area contributed by atoms with Crippen molar-refractivity contribution in [2.24, 2.45) is 0 Å². The molecule has 2 aromatic heterocycles. The number of aromatic nitrogens is 4. The second kappa shape index (κ2) is 5.26. The van der Waals surface area contributed by atoms with E-state index < -0.39 is 5.97 Å². The zero-order chi connectivity index (χ0) is 13.1. The molecule has 0 radical (unpaired) electrons. The quantitative estimate of drug-likeness (QED) is 0.891. The molecule has 6 nitrogen and oxygen atoms in total. The Balaban J connectivity index is 2.15. The summed E-state index contributed by atoms with van der Waals surface area (Å²) < 4.78 is 1.56. The molecular weight excluding hydrogens is 252 g/mol. The van der Waals surface area contributed by atoms with Crippen LogP contribution in [0.2, 0.25) is 0 Å². The van der Waals surface area contributed by atoms with E-state index in [1.165, 1.54) is 0 Å². The van der Waals surface area contributed by atoms with Crippen LogP contribution in [0.1, 0.15) is 40.2 Å². The third kappa shape index (κ3) is 2.56. The molecule has 2 rings (SSSR count). The Bertz CT molecular complexity index is 561. The number of aromatic carboxylic acids is 1.